The highest BCUT2D eigenvalue weighted by Crippen LogP contribution is 2.16. The summed E-state index contributed by atoms with van der Waals surface area (Å²) in [5.41, 5.74) is 2.95. The Balaban J connectivity index is 1.71. The van der Waals surface area contributed by atoms with Crippen LogP contribution in [0.4, 0.5) is 0 Å². The number of hydrogen-bond donors (Lipinski definition) is 3. The Morgan fingerprint density at radius 3 is 2.56 bits per heavy atom. The molecule has 0 bridgehead atoms. The number of nitrogens with one attached hydrogen (secondary N) is 3. The third-order valence-electron chi connectivity index (χ3n) is 4.22. The SMILES string of the molecule is CN=C(NCCCc1ccccc1Cl)NCCc1cccc(C(=O)NC)c1. The van der Waals surface area contributed by atoms with Crippen LogP contribution in [0.25, 0.3) is 0 Å². The number of carbonyl (C=O) groups is 1. The maximum atomic E-state index is 11.7. The lowest BCUT2D eigenvalue weighted by atomic mass is 10.1. The Bertz CT molecular complexity index is 776. The lowest BCUT2D eigenvalue weighted by molar-refractivity contribution is 0.0963. The molecule has 27 heavy (non-hydrogen) atoms. The van der Waals surface area contributed by atoms with Crippen molar-refractivity contribution in [2.24, 2.45) is 4.99 Å². The van der Waals surface area contributed by atoms with Crippen molar-refractivity contribution in [1.82, 2.24) is 16.0 Å². The molecule has 0 radical (unpaired) electrons. The van der Waals surface area contributed by atoms with Crippen LogP contribution in [0, 0.1) is 0 Å². The first-order valence-electron chi connectivity index (χ1n) is 9.13. The first-order valence-corrected chi connectivity index (χ1v) is 9.50. The number of carbonyl (C=O) groups excluding carboxylic acids is 1. The minimum absolute atomic E-state index is 0.0687. The van der Waals surface area contributed by atoms with E-state index in [4.69, 9.17) is 11.6 Å². The van der Waals surface area contributed by atoms with Crippen LogP contribution in [0.5, 0.6) is 0 Å². The van der Waals surface area contributed by atoms with Gasteiger partial charge in [-0.2, -0.15) is 0 Å². The van der Waals surface area contributed by atoms with Gasteiger partial charge in [-0.05, 0) is 48.6 Å². The molecule has 2 aromatic rings. The highest BCUT2D eigenvalue weighted by molar-refractivity contribution is 6.31. The highest BCUT2D eigenvalue weighted by atomic mass is 35.5. The van der Waals surface area contributed by atoms with Crippen LogP contribution >= 0.6 is 11.6 Å². The molecule has 1 amide bonds. The van der Waals surface area contributed by atoms with Gasteiger partial charge in [0.2, 0.25) is 0 Å². The number of hydrogen-bond acceptors (Lipinski definition) is 2. The first-order chi connectivity index (χ1) is 13.1. The van der Waals surface area contributed by atoms with E-state index in [-0.39, 0.29) is 5.91 Å². The van der Waals surface area contributed by atoms with E-state index in [2.05, 4.69) is 27.0 Å². The average Bonchev–Trinajstić information content (AvgIpc) is 2.70. The summed E-state index contributed by atoms with van der Waals surface area (Å²) < 4.78 is 0. The molecule has 2 aromatic carbocycles. The molecule has 0 heterocycles. The van der Waals surface area contributed by atoms with E-state index in [1.165, 1.54) is 5.56 Å². The van der Waals surface area contributed by atoms with Crippen molar-refractivity contribution < 1.29 is 4.79 Å². The smallest absolute Gasteiger partial charge is 0.251 e. The van der Waals surface area contributed by atoms with E-state index in [0.29, 0.717) is 5.56 Å². The van der Waals surface area contributed by atoms with Crippen molar-refractivity contribution in [3.63, 3.8) is 0 Å². The van der Waals surface area contributed by atoms with Crippen LogP contribution in [0.3, 0.4) is 0 Å². The lowest BCUT2D eigenvalue weighted by Gasteiger charge is -2.12. The summed E-state index contributed by atoms with van der Waals surface area (Å²) in [5, 5.41) is 10.1. The molecular weight excluding hydrogens is 360 g/mol. The largest absolute Gasteiger partial charge is 0.356 e. The number of guanidine groups is 1. The van der Waals surface area contributed by atoms with Gasteiger partial charge in [0, 0.05) is 37.8 Å². The van der Waals surface area contributed by atoms with Gasteiger partial charge in [0.05, 0.1) is 0 Å². The van der Waals surface area contributed by atoms with Gasteiger partial charge < -0.3 is 16.0 Å². The van der Waals surface area contributed by atoms with E-state index in [1.807, 2.05) is 42.5 Å². The number of benzene rings is 2. The number of halogens is 1. The van der Waals surface area contributed by atoms with Crippen LogP contribution in [0.15, 0.2) is 53.5 Å². The average molecular weight is 387 g/mol. The number of aryl methyl sites for hydroxylation is 1. The van der Waals surface area contributed by atoms with E-state index in [0.717, 1.165) is 48.9 Å². The molecule has 0 aliphatic carbocycles. The van der Waals surface area contributed by atoms with Crippen molar-refractivity contribution in [3.05, 3.63) is 70.2 Å². The van der Waals surface area contributed by atoms with E-state index in [1.54, 1.807) is 14.1 Å². The number of aliphatic imine (C=N–C) groups is 1. The molecule has 5 nitrogen and oxygen atoms in total. The quantitative estimate of drug-likeness (QED) is 0.371. The van der Waals surface area contributed by atoms with Crippen molar-refractivity contribution in [1.29, 1.82) is 0 Å². The fourth-order valence-electron chi connectivity index (χ4n) is 2.75. The number of nitrogens with zero attached hydrogens (tertiary/aromatic N) is 1. The Morgan fingerprint density at radius 2 is 1.81 bits per heavy atom. The second-order valence-corrected chi connectivity index (χ2v) is 6.56. The van der Waals surface area contributed by atoms with Crippen LogP contribution in [0.1, 0.15) is 27.9 Å². The Labute approximate surface area is 166 Å². The molecule has 0 saturated heterocycles. The molecule has 2 rings (SSSR count). The summed E-state index contributed by atoms with van der Waals surface area (Å²) in [7, 11) is 3.40. The molecule has 0 atom stereocenters. The molecular formula is C21H27ClN4O. The molecule has 6 heteroatoms. The van der Waals surface area contributed by atoms with Crippen LogP contribution in [-0.4, -0.2) is 39.1 Å². The van der Waals surface area contributed by atoms with Gasteiger partial charge in [0.15, 0.2) is 5.96 Å². The summed E-state index contributed by atoms with van der Waals surface area (Å²) in [6.07, 6.45) is 2.71. The zero-order chi connectivity index (χ0) is 19.5. The second kappa shape index (κ2) is 11.2. The molecule has 0 aromatic heterocycles. The summed E-state index contributed by atoms with van der Waals surface area (Å²) in [6.45, 7) is 1.55. The minimum atomic E-state index is -0.0687. The maximum absolute atomic E-state index is 11.7. The van der Waals surface area contributed by atoms with Gasteiger partial charge in [-0.15, -0.1) is 0 Å². The Hall–Kier alpha value is -2.53. The van der Waals surface area contributed by atoms with E-state index >= 15 is 0 Å². The number of amides is 1. The van der Waals surface area contributed by atoms with Crippen molar-refractivity contribution in [2.45, 2.75) is 19.3 Å². The van der Waals surface area contributed by atoms with Gasteiger partial charge in [0.1, 0.15) is 0 Å². The Kier molecular flexibility index (Phi) is 8.65. The van der Waals surface area contributed by atoms with Gasteiger partial charge in [-0.25, -0.2) is 0 Å². The van der Waals surface area contributed by atoms with Crippen LogP contribution in [0.2, 0.25) is 5.02 Å². The third kappa shape index (κ3) is 6.94. The van der Waals surface area contributed by atoms with Gasteiger partial charge in [-0.1, -0.05) is 41.9 Å². The van der Waals surface area contributed by atoms with E-state index < -0.39 is 0 Å². The van der Waals surface area contributed by atoms with Crippen molar-refractivity contribution in [2.75, 3.05) is 27.2 Å². The normalized spacial score (nSPS) is 11.1. The maximum Gasteiger partial charge on any atom is 0.251 e. The molecule has 0 spiro atoms. The molecule has 0 fully saturated rings. The van der Waals surface area contributed by atoms with Crippen molar-refractivity contribution in [3.8, 4) is 0 Å². The molecule has 0 unspecified atom stereocenters. The molecule has 3 N–H and O–H groups in total. The Morgan fingerprint density at radius 1 is 1.04 bits per heavy atom. The summed E-state index contributed by atoms with van der Waals surface area (Å²) in [4.78, 5) is 15.9. The predicted molar refractivity (Wildman–Crippen MR) is 113 cm³/mol. The second-order valence-electron chi connectivity index (χ2n) is 6.15. The summed E-state index contributed by atoms with van der Waals surface area (Å²) in [6, 6.07) is 15.6. The molecule has 0 aliphatic rings. The van der Waals surface area contributed by atoms with Gasteiger partial charge in [-0.3, -0.25) is 9.79 Å². The predicted octanol–water partition coefficient (Wildman–Crippen LogP) is 3.04. The molecule has 0 aliphatic heterocycles. The topological polar surface area (TPSA) is 65.5 Å². The van der Waals surface area contributed by atoms with Gasteiger partial charge in [0.25, 0.3) is 5.91 Å². The summed E-state index contributed by atoms with van der Waals surface area (Å²) >= 11 is 6.18. The highest BCUT2D eigenvalue weighted by Gasteiger charge is 2.04. The van der Waals surface area contributed by atoms with E-state index in [9.17, 15) is 4.79 Å². The summed E-state index contributed by atoms with van der Waals surface area (Å²) in [5.74, 6) is 0.706. The first kappa shape index (κ1) is 20.8. The molecule has 0 saturated carbocycles. The standard InChI is InChI=1S/C21H27ClN4O/c1-23-20(27)18-9-5-7-16(15-18)12-14-26-21(24-2)25-13-6-10-17-8-3-4-11-19(17)22/h3-5,7-9,11,15H,6,10,12-14H2,1-2H3,(H,23,27)(H2,24,25,26). The number of rotatable bonds is 8. The fourth-order valence-corrected chi connectivity index (χ4v) is 2.98. The van der Waals surface area contributed by atoms with Crippen LogP contribution < -0.4 is 16.0 Å². The fraction of sp³-hybridized carbons (Fsp3) is 0.333. The van der Waals surface area contributed by atoms with Gasteiger partial charge >= 0.3 is 0 Å². The zero-order valence-electron chi connectivity index (χ0n) is 15.9. The lowest BCUT2D eigenvalue weighted by Crippen LogP contribution is -2.38. The third-order valence-corrected chi connectivity index (χ3v) is 4.59. The minimum Gasteiger partial charge on any atom is -0.356 e. The zero-order valence-corrected chi connectivity index (χ0v) is 16.6. The molecule has 144 valence electrons. The monoisotopic (exact) mass is 386 g/mol. The van der Waals surface area contributed by atoms with Crippen LogP contribution in [-0.2, 0) is 12.8 Å². The van der Waals surface area contributed by atoms with Crippen molar-refractivity contribution >= 4 is 23.5 Å².